The number of hydrogen-bond acceptors (Lipinski definition) is 5. The van der Waals surface area contributed by atoms with Crippen molar-refractivity contribution in [3.8, 4) is 5.75 Å². The molecule has 1 aromatic heterocycles. The van der Waals surface area contributed by atoms with Gasteiger partial charge in [-0.25, -0.2) is 17.9 Å². The van der Waals surface area contributed by atoms with Crippen LogP contribution in [0.1, 0.15) is 40.4 Å². The second-order valence-electron chi connectivity index (χ2n) is 6.29. The Bertz CT molecular complexity index is 936. The first-order valence-electron chi connectivity index (χ1n) is 8.25. The number of benzene rings is 1. The van der Waals surface area contributed by atoms with E-state index < -0.39 is 16.0 Å². The second kappa shape index (κ2) is 7.08. The number of ether oxygens (including phenoxy) is 1. The summed E-state index contributed by atoms with van der Waals surface area (Å²) in [4.78, 5) is 11.0. The van der Waals surface area contributed by atoms with Crippen molar-refractivity contribution in [2.45, 2.75) is 30.1 Å². The van der Waals surface area contributed by atoms with Crippen LogP contribution in [0.2, 0.25) is 0 Å². The Morgan fingerprint density at radius 3 is 2.92 bits per heavy atom. The summed E-state index contributed by atoms with van der Waals surface area (Å²) < 4.78 is 34.0. The number of aryl methyl sites for hydroxylation is 2. The molecule has 2 N–H and O–H groups in total. The van der Waals surface area contributed by atoms with Crippen molar-refractivity contribution in [3.63, 3.8) is 0 Å². The van der Waals surface area contributed by atoms with Crippen LogP contribution in [0.5, 0.6) is 5.75 Å². The lowest BCUT2D eigenvalue weighted by molar-refractivity contribution is 0.0680. The third-order valence-corrected chi connectivity index (χ3v) is 6.13. The van der Waals surface area contributed by atoms with E-state index in [1.54, 1.807) is 7.11 Å². The summed E-state index contributed by atoms with van der Waals surface area (Å²) in [6, 6.07) is 5.83. The zero-order valence-corrected chi connectivity index (χ0v) is 15.4. The molecule has 1 aromatic carbocycles. The molecule has 2 aromatic rings. The van der Waals surface area contributed by atoms with Gasteiger partial charge in [-0.3, -0.25) is 4.68 Å². The number of methoxy groups -OCH3 is 1. The summed E-state index contributed by atoms with van der Waals surface area (Å²) in [5.41, 5.74) is 1.91. The molecule has 1 heterocycles. The van der Waals surface area contributed by atoms with Crippen molar-refractivity contribution < 1.29 is 23.1 Å². The smallest absolute Gasteiger partial charge is 0.355 e. The van der Waals surface area contributed by atoms with Gasteiger partial charge in [-0.15, -0.1) is 0 Å². The topological polar surface area (TPSA) is 111 Å². The van der Waals surface area contributed by atoms with E-state index in [2.05, 4.69) is 9.82 Å². The fourth-order valence-electron chi connectivity index (χ4n) is 3.38. The van der Waals surface area contributed by atoms with E-state index >= 15 is 0 Å². The monoisotopic (exact) mass is 379 g/mol. The van der Waals surface area contributed by atoms with Crippen molar-refractivity contribution in [1.82, 2.24) is 14.5 Å². The standard InChI is InChI=1S/C17H21N3O5S/c1-20-16(17(21)22)15(10-18-20)26(23,24)19-9-12-5-3-4-11-8-13(25-2)6-7-14(11)12/h6-8,10,12,19H,3-5,9H2,1-2H3,(H,21,22). The first kappa shape index (κ1) is 18.4. The number of carbonyl (C=O) groups is 1. The van der Waals surface area contributed by atoms with Gasteiger partial charge in [0.25, 0.3) is 0 Å². The molecule has 1 atom stereocenters. The average Bonchev–Trinajstić information content (AvgIpc) is 3.02. The lowest BCUT2D eigenvalue weighted by atomic mass is 9.83. The van der Waals surface area contributed by atoms with Crippen LogP contribution in [-0.2, 0) is 23.5 Å². The van der Waals surface area contributed by atoms with Gasteiger partial charge < -0.3 is 9.84 Å². The molecule has 140 valence electrons. The molecule has 3 rings (SSSR count). The van der Waals surface area contributed by atoms with E-state index in [9.17, 15) is 18.3 Å². The Morgan fingerprint density at radius 1 is 1.46 bits per heavy atom. The molecule has 1 aliphatic rings. The Hall–Kier alpha value is -2.39. The highest BCUT2D eigenvalue weighted by Gasteiger charge is 2.28. The van der Waals surface area contributed by atoms with Crippen LogP contribution < -0.4 is 9.46 Å². The zero-order chi connectivity index (χ0) is 18.9. The summed E-state index contributed by atoms with van der Waals surface area (Å²) >= 11 is 0. The second-order valence-corrected chi connectivity index (χ2v) is 8.03. The first-order valence-corrected chi connectivity index (χ1v) is 9.73. The van der Waals surface area contributed by atoms with Crippen LogP contribution in [0.3, 0.4) is 0 Å². The molecule has 0 spiro atoms. The summed E-state index contributed by atoms with van der Waals surface area (Å²) in [6.45, 7) is 0.204. The molecule has 0 fully saturated rings. The van der Waals surface area contributed by atoms with Gasteiger partial charge in [-0.05, 0) is 48.4 Å². The van der Waals surface area contributed by atoms with Crippen molar-refractivity contribution in [3.05, 3.63) is 41.2 Å². The van der Waals surface area contributed by atoms with Crippen LogP contribution in [-0.4, -0.2) is 42.9 Å². The summed E-state index contributed by atoms with van der Waals surface area (Å²) in [5.74, 6) is -0.517. The van der Waals surface area contributed by atoms with E-state index in [1.165, 1.54) is 7.05 Å². The summed E-state index contributed by atoms with van der Waals surface area (Å²) in [5, 5.41) is 13.0. The van der Waals surface area contributed by atoms with E-state index in [4.69, 9.17) is 4.74 Å². The van der Waals surface area contributed by atoms with Crippen molar-refractivity contribution in [2.24, 2.45) is 7.05 Å². The number of sulfonamides is 1. The maximum atomic E-state index is 12.6. The van der Waals surface area contributed by atoms with E-state index in [0.29, 0.717) is 0 Å². The Balaban J connectivity index is 1.81. The molecule has 0 aliphatic heterocycles. The molecule has 1 aliphatic carbocycles. The normalized spacial score (nSPS) is 16.9. The number of rotatable bonds is 6. The number of carboxylic acids is 1. The van der Waals surface area contributed by atoms with Crippen molar-refractivity contribution in [1.29, 1.82) is 0 Å². The van der Waals surface area contributed by atoms with Gasteiger partial charge in [0, 0.05) is 13.6 Å². The van der Waals surface area contributed by atoms with Crippen molar-refractivity contribution in [2.75, 3.05) is 13.7 Å². The number of nitrogens with one attached hydrogen (secondary N) is 1. The highest BCUT2D eigenvalue weighted by atomic mass is 32.2. The van der Waals surface area contributed by atoms with Gasteiger partial charge in [-0.2, -0.15) is 5.10 Å². The van der Waals surface area contributed by atoms with Gasteiger partial charge in [-0.1, -0.05) is 6.07 Å². The van der Waals surface area contributed by atoms with Crippen molar-refractivity contribution >= 4 is 16.0 Å². The van der Waals surface area contributed by atoms with Crippen LogP contribution in [0.15, 0.2) is 29.3 Å². The maximum absolute atomic E-state index is 12.6. The number of aromatic carboxylic acids is 1. The quantitative estimate of drug-likeness (QED) is 0.787. The first-order chi connectivity index (χ1) is 12.3. The third kappa shape index (κ3) is 3.45. The highest BCUT2D eigenvalue weighted by Crippen LogP contribution is 2.33. The van der Waals surface area contributed by atoms with Crippen LogP contribution in [0.25, 0.3) is 0 Å². The summed E-state index contributed by atoms with van der Waals surface area (Å²) in [6.07, 6.45) is 3.81. The lowest BCUT2D eigenvalue weighted by Crippen LogP contribution is -2.31. The molecular formula is C17H21N3O5S. The van der Waals surface area contributed by atoms with E-state index in [-0.39, 0.29) is 23.1 Å². The number of carboxylic acid groups (broad SMARTS) is 1. The molecule has 0 radical (unpaired) electrons. The number of aromatic nitrogens is 2. The molecule has 0 amide bonds. The minimum atomic E-state index is -3.97. The minimum Gasteiger partial charge on any atom is -0.497 e. The molecule has 9 heteroatoms. The third-order valence-electron chi connectivity index (χ3n) is 4.71. The van der Waals surface area contributed by atoms with E-state index in [0.717, 1.165) is 47.0 Å². The lowest BCUT2D eigenvalue weighted by Gasteiger charge is -2.26. The Kier molecular flexibility index (Phi) is 5.01. The number of fused-ring (bicyclic) bond motifs is 1. The number of nitrogens with zero attached hydrogens (tertiary/aromatic N) is 2. The molecule has 8 nitrogen and oxygen atoms in total. The van der Waals surface area contributed by atoms with Crippen LogP contribution in [0, 0.1) is 0 Å². The largest absolute Gasteiger partial charge is 0.497 e. The van der Waals surface area contributed by atoms with Gasteiger partial charge >= 0.3 is 5.97 Å². The van der Waals surface area contributed by atoms with Gasteiger partial charge in [0.1, 0.15) is 10.6 Å². The van der Waals surface area contributed by atoms with Gasteiger partial charge in [0.15, 0.2) is 5.69 Å². The maximum Gasteiger partial charge on any atom is 0.355 e. The zero-order valence-electron chi connectivity index (χ0n) is 14.6. The fourth-order valence-corrected chi connectivity index (χ4v) is 4.61. The highest BCUT2D eigenvalue weighted by molar-refractivity contribution is 7.89. The Labute approximate surface area is 151 Å². The molecule has 1 unspecified atom stereocenters. The molecular weight excluding hydrogens is 358 g/mol. The minimum absolute atomic E-state index is 0.0318. The Morgan fingerprint density at radius 2 is 2.23 bits per heavy atom. The molecule has 0 bridgehead atoms. The van der Waals surface area contributed by atoms with E-state index in [1.807, 2.05) is 18.2 Å². The molecule has 26 heavy (non-hydrogen) atoms. The van der Waals surface area contributed by atoms with Gasteiger partial charge in [0.05, 0.1) is 13.3 Å². The summed E-state index contributed by atoms with van der Waals surface area (Å²) in [7, 11) is -0.957. The average molecular weight is 379 g/mol. The van der Waals surface area contributed by atoms with Crippen LogP contribution in [0.4, 0.5) is 0 Å². The predicted octanol–water partition coefficient (Wildman–Crippen LogP) is 1.53. The predicted molar refractivity (Wildman–Crippen MR) is 94.0 cm³/mol. The van der Waals surface area contributed by atoms with Gasteiger partial charge in [0.2, 0.25) is 10.0 Å². The molecule has 0 saturated heterocycles. The number of hydrogen-bond donors (Lipinski definition) is 2. The SMILES string of the molecule is COc1ccc2c(c1)CCCC2CNS(=O)(=O)c1cnn(C)c1C(=O)O. The van der Waals surface area contributed by atoms with Crippen LogP contribution >= 0.6 is 0 Å². The fraction of sp³-hybridized carbons (Fsp3) is 0.412. The molecule has 0 saturated carbocycles.